The van der Waals surface area contributed by atoms with Crippen LogP contribution in [0.3, 0.4) is 0 Å². The lowest BCUT2D eigenvalue weighted by Crippen LogP contribution is -2.31. The van der Waals surface area contributed by atoms with Crippen LogP contribution in [0.5, 0.6) is 5.75 Å². The molecule has 0 radical (unpaired) electrons. The third-order valence-corrected chi connectivity index (χ3v) is 3.04. The molecule has 2 N–H and O–H groups in total. The summed E-state index contributed by atoms with van der Waals surface area (Å²) in [5.41, 5.74) is 1.20. The van der Waals surface area contributed by atoms with Crippen molar-refractivity contribution in [1.82, 2.24) is 20.4 Å². The van der Waals surface area contributed by atoms with Crippen LogP contribution in [-0.4, -0.2) is 42.4 Å². The maximum Gasteiger partial charge on any atom is 0.275 e. The van der Waals surface area contributed by atoms with E-state index in [2.05, 4.69) is 15.7 Å². The Bertz CT molecular complexity index is 595. The van der Waals surface area contributed by atoms with Crippen molar-refractivity contribution in [2.24, 2.45) is 0 Å². The average Bonchev–Trinajstić information content (AvgIpc) is 2.98. The van der Waals surface area contributed by atoms with Crippen molar-refractivity contribution in [3.05, 3.63) is 42.2 Å². The second-order valence-electron chi connectivity index (χ2n) is 4.83. The molecule has 0 aliphatic rings. The molecule has 6 nitrogen and oxygen atoms in total. The van der Waals surface area contributed by atoms with Gasteiger partial charge in [0.1, 0.15) is 0 Å². The number of likely N-dealkylation sites (N-methyl/N-ethyl adjacent to an activating group) is 1. The van der Waals surface area contributed by atoms with Gasteiger partial charge in [0.05, 0.1) is 18.5 Å². The van der Waals surface area contributed by atoms with Crippen molar-refractivity contribution in [2.75, 3.05) is 26.7 Å². The van der Waals surface area contributed by atoms with E-state index in [-0.39, 0.29) is 5.91 Å². The predicted octanol–water partition coefficient (Wildman–Crippen LogP) is 1.61. The van der Waals surface area contributed by atoms with E-state index in [1.807, 2.05) is 44.3 Å². The summed E-state index contributed by atoms with van der Waals surface area (Å²) in [6, 6.07) is 9.65. The number of nitrogens with zero attached hydrogens (tertiary/aromatic N) is 2. The first-order valence-corrected chi connectivity index (χ1v) is 7.47. The molecule has 0 saturated carbocycles. The molecule has 0 fully saturated rings. The van der Waals surface area contributed by atoms with Gasteiger partial charge in [-0.15, -0.1) is 0 Å². The molecule has 1 heterocycles. The van der Waals surface area contributed by atoms with Crippen molar-refractivity contribution < 1.29 is 9.53 Å². The molecule has 0 aliphatic heterocycles. The quantitative estimate of drug-likeness (QED) is 0.727. The van der Waals surface area contributed by atoms with E-state index in [1.165, 1.54) is 0 Å². The number of rotatable bonds is 8. The lowest BCUT2D eigenvalue weighted by Gasteiger charge is -2.05. The molecule has 0 unspecified atom stereocenters. The number of amides is 1. The number of carbonyl (C=O) groups excluding carboxylic acids is 1. The van der Waals surface area contributed by atoms with Gasteiger partial charge >= 0.3 is 0 Å². The van der Waals surface area contributed by atoms with Crippen molar-refractivity contribution in [2.45, 2.75) is 13.3 Å². The number of hydrogen-bond donors (Lipinski definition) is 2. The van der Waals surface area contributed by atoms with Gasteiger partial charge in [-0.25, -0.2) is 4.68 Å². The average molecular weight is 302 g/mol. The number of nitrogens with one attached hydrogen (secondary N) is 2. The van der Waals surface area contributed by atoms with E-state index in [0.717, 1.165) is 12.1 Å². The van der Waals surface area contributed by atoms with Crippen LogP contribution >= 0.6 is 0 Å². The molecule has 0 saturated heterocycles. The summed E-state index contributed by atoms with van der Waals surface area (Å²) >= 11 is 0. The summed E-state index contributed by atoms with van der Waals surface area (Å²) in [4.78, 5) is 12.3. The Morgan fingerprint density at radius 3 is 2.73 bits per heavy atom. The van der Waals surface area contributed by atoms with Crippen LogP contribution in [0.25, 0.3) is 5.69 Å². The zero-order chi connectivity index (χ0) is 15.8. The van der Waals surface area contributed by atoms with Crippen molar-refractivity contribution in [3.63, 3.8) is 0 Å². The Morgan fingerprint density at radius 2 is 2.05 bits per heavy atom. The van der Waals surface area contributed by atoms with E-state index >= 15 is 0 Å². The molecular formula is C16H22N4O2. The first-order chi connectivity index (χ1) is 10.8. The molecule has 1 aromatic heterocycles. The number of hydrogen-bond acceptors (Lipinski definition) is 4. The van der Waals surface area contributed by atoms with E-state index in [4.69, 9.17) is 4.74 Å². The van der Waals surface area contributed by atoms with Crippen LogP contribution < -0.4 is 15.4 Å². The van der Waals surface area contributed by atoms with Gasteiger partial charge in [-0.05, 0) is 25.6 Å². The molecule has 0 atom stereocenters. The Labute approximate surface area is 130 Å². The fourth-order valence-electron chi connectivity index (χ4n) is 1.93. The number of aromatic nitrogens is 2. The Morgan fingerprint density at radius 1 is 1.27 bits per heavy atom. The molecule has 2 aromatic rings. The zero-order valence-corrected chi connectivity index (χ0v) is 13.0. The molecule has 6 heteroatoms. The normalized spacial score (nSPS) is 10.5. The van der Waals surface area contributed by atoms with Crippen LogP contribution in [0.4, 0.5) is 0 Å². The maximum atomic E-state index is 12.3. The highest BCUT2D eigenvalue weighted by atomic mass is 16.5. The highest BCUT2D eigenvalue weighted by molar-refractivity contribution is 5.94. The van der Waals surface area contributed by atoms with Crippen molar-refractivity contribution >= 4 is 5.91 Å². The largest absolute Gasteiger partial charge is 0.489 e. The fourth-order valence-corrected chi connectivity index (χ4v) is 1.93. The molecule has 1 aromatic carbocycles. The van der Waals surface area contributed by atoms with Crippen LogP contribution in [0, 0.1) is 0 Å². The molecule has 0 aliphatic carbocycles. The van der Waals surface area contributed by atoms with Gasteiger partial charge < -0.3 is 15.4 Å². The lowest BCUT2D eigenvalue weighted by atomic mass is 10.3. The fraction of sp³-hybridized carbons (Fsp3) is 0.375. The van der Waals surface area contributed by atoms with Gasteiger partial charge in [-0.3, -0.25) is 4.79 Å². The standard InChI is InChI=1S/C16H22N4O2/c1-3-11-22-14-12-20(13-7-5-4-6-8-13)19-15(14)16(21)18-10-9-17-2/h4-8,12,17H,3,9-11H2,1-2H3,(H,18,21). The summed E-state index contributed by atoms with van der Waals surface area (Å²) in [5.74, 6) is 0.281. The second kappa shape index (κ2) is 8.19. The second-order valence-corrected chi connectivity index (χ2v) is 4.83. The number of carbonyl (C=O) groups is 1. The van der Waals surface area contributed by atoms with Gasteiger partial charge in [0.2, 0.25) is 0 Å². The third kappa shape index (κ3) is 4.08. The molecule has 0 bridgehead atoms. The van der Waals surface area contributed by atoms with Gasteiger partial charge in [-0.2, -0.15) is 5.10 Å². The molecular weight excluding hydrogens is 280 g/mol. The Balaban J connectivity index is 2.22. The summed E-state index contributed by atoms with van der Waals surface area (Å²) in [7, 11) is 1.84. The minimum absolute atomic E-state index is 0.226. The van der Waals surface area contributed by atoms with E-state index < -0.39 is 0 Å². The van der Waals surface area contributed by atoms with Crippen molar-refractivity contribution in [3.8, 4) is 11.4 Å². The molecule has 22 heavy (non-hydrogen) atoms. The Hall–Kier alpha value is -2.34. The monoisotopic (exact) mass is 302 g/mol. The summed E-state index contributed by atoms with van der Waals surface area (Å²) in [6.07, 6.45) is 2.62. The van der Waals surface area contributed by atoms with Crippen LogP contribution in [0.2, 0.25) is 0 Å². The maximum absolute atomic E-state index is 12.3. The minimum Gasteiger partial charge on any atom is -0.489 e. The molecule has 1 amide bonds. The molecule has 118 valence electrons. The van der Waals surface area contributed by atoms with Gasteiger partial charge in [0, 0.05) is 13.1 Å². The topological polar surface area (TPSA) is 68.2 Å². The minimum atomic E-state index is -0.226. The number of para-hydroxylation sites is 1. The summed E-state index contributed by atoms with van der Waals surface area (Å²) < 4.78 is 7.32. The molecule has 2 rings (SSSR count). The summed E-state index contributed by atoms with van der Waals surface area (Å²) in [6.45, 7) is 3.82. The van der Waals surface area contributed by atoms with Crippen LogP contribution in [0.15, 0.2) is 36.5 Å². The van der Waals surface area contributed by atoms with E-state index in [0.29, 0.717) is 31.1 Å². The number of benzene rings is 1. The van der Waals surface area contributed by atoms with Gasteiger partial charge in [-0.1, -0.05) is 25.1 Å². The number of ether oxygens (including phenoxy) is 1. The highest BCUT2D eigenvalue weighted by Crippen LogP contribution is 2.20. The van der Waals surface area contributed by atoms with Gasteiger partial charge in [0.25, 0.3) is 5.91 Å². The van der Waals surface area contributed by atoms with Gasteiger partial charge in [0.15, 0.2) is 11.4 Å². The SMILES string of the molecule is CCCOc1cn(-c2ccccc2)nc1C(=O)NCCNC. The van der Waals surface area contributed by atoms with E-state index in [9.17, 15) is 4.79 Å². The third-order valence-electron chi connectivity index (χ3n) is 3.04. The first kappa shape index (κ1) is 16.0. The summed E-state index contributed by atoms with van der Waals surface area (Å²) in [5, 5.41) is 10.2. The predicted molar refractivity (Wildman–Crippen MR) is 85.6 cm³/mol. The van der Waals surface area contributed by atoms with Crippen molar-refractivity contribution in [1.29, 1.82) is 0 Å². The molecule has 0 spiro atoms. The first-order valence-electron chi connectivity index (χ1n) is 7.47. The van der Waals surface area contributed by atoms with Crippen LogP contribution in [0.1, 0.15) is 23.8 Å². The smallest absolute Gasteiger partial charge is 0.275 e. The van der Waals surface area contributed by atoms with Crippen LogP contribution in [-0.2, 0) is 0 Å². The Kier molecular flexibility index (Phi) is 5.97. The highest BCUT2D eigenvalue weighted by Gasteiger charge is 2.18. The zero-order valence-electron chi connectivity index (χ0n) is 13.0. The van der Waals surface area contributed by atoms with E-state index in [1.54, 1.807) is 10.9 Å². The lowest BCUT2D eigenvalue weighted by molar-refractivity contribution is 0.0944.